The highest BCUT2D eigenvalue weighted by atomic mass is 35.5. The first-order valence-corrected chi connectivity index (χ1v) is 10.5. The van der Waals surface area contributed by atoms with Gasteiger partial charge in [0, 0.05) is 11.6 Å². The van der Waals surface area contributed by atoms with E-state index in [4.69, 9.17) is 16.3 Å². The lowest BCUT2D eigenvalue weighted by molar-refractivity contribution is 0.483. The first-order chi connectivity index (χ1) is 13.0. The summed E-state index contributed by atoms with van der Waals surface area (Å²) in [6.45, 7) is 0.255. The number of halogens is 1. The minimum Gasteiger partial charge on any atom is -0.454 e. The van der Waals surface area contributed by atoms with Gasteiger partial charge in [0.1, 0.15) is 21.3 Å². The number of aromatic nitrogens is 1. The average molecular weight is 421 g/mol. The first kappa shape index (κ1) is 17.8. The summed E-state index contributed by atoms with van der Waals surface area (Å²) in [5.41, 5.74) is 0.300. The van der Waals surface area contributed by atoms with Gasteiger partial charge < -0.3 is 10.1 Å². The maximum atomic E-state index is 12.6. The third-order valence-electron chi connectivity index (χ3n) is 3.66. The Morgan fingerprint density at radius 3 is 2.74 bits per heavy atom. The molecule has 2 heterocycles. The summed E-state index contributed by atoms with van der Waals surface area (Å²) < 4.78 is 33.4. The summed E-state index contributed by atoms with van der Waals surface area (Å²) in [7, 11) is -3.78. The molecule has 0 spiro atoms. The molecule has 0 saturated heterocycles. The van der Waals surface area contributed by atoms with E-state index in [1.54, 1.807) is 42.6 Å². The fourth-order valence-electron chi connectivity index (χ4n) is 2.46. The van der Waals surface area contributed by atoms with Gasteiger partial charge in [-0.05, 0) is 24.3 Å². The van der Waals surface area contributed by atoms with Crippen molar-refractivity contribution in [3.63, 3.8) is 0 Å². The Morgan fingerprint density at radius 1 is 1.15 bits per heavy atom. The van der Waals surface area contributed by atoms with Crippen LogP contribution in [0.15, 0.2) is 63.9 Å². The van der Waals surface area contributed by atoms with Crippen LogP contribution < -0.4 is 14.8 Å². The zero-order valence-corrected chi connectivity index (χ0v) is 16.1. The molecule has 0 unspecified atom stereocenters. The Balaban J connectivity index is 1.70. The van der Waals surface area contributed by atoms with Crippen LogP contribution in [0.25, 0.3) is 0 Å². The van der Waals surface area contributed by atoms with E-state index in [2.05, 4.69) is 20.0 Å². The van der Waals surface area contributed by atoms with Crippen molar-refractivity contribution in [2.75, 3.05) is 5.32 Å². The maximum Gasteiger partial charge on any atom is 0.266 e. The van der Waals surface area contributed by atoms with Gasteiger partial charge in [-0.1, -0.05) is 29.8 Å². The molecule has 2 aromatic carbocycles. The number of sulfonamides is 1. The van der Waals surface area contributed by atoms with Gasteiger partial charge in [-0.3, -0.25) is 0 Å². The molecule has 0 aliphatic carbocycles. The van der Waals surface area contributed by atoms with Crippen LogP contribution in [-0.2, 0) is 16.6 Å². The van der Waals surface area contributed by atoms with Crippen molar-refractivity contribution in [3.05, 3.63) is 64.1 Å². The Labute approximate surface area is 164 Å². The summed E-state index contributed by atoms with van der Waals surface area (Å²) in [5, 5.41) is 6.02. The summed E-state index contributed by atoms with van der Waals surface area (Å²) in [6, 6.07) is 11.7. The minimum atomic E-state index is -3.78. The Bertz CT molecular complexity index is 1110. The highest BCUT2D eigenvalue weighted by Crippen LogP contribution is 2.38. The van der Waals surface area contributed by atoms with Gasteiger partial charge in [0.15, 0.2) is 5.75 Å². The average Bonchev–Trinajstić information content (AvgIpc) is 3.16. The molecule has 0 fully saturated rings. The van der Waals surface area contributed by atoms with E-state index >= 15 is 0 Å². The number of aliphatic imine (C=N–C) groups is 1. The second-order valence-electron chi connectivity index (χ2n) is 5.48. The molecular formula is C17H13ClN4O3S2. The molecule has 138 valence electrons. The zero-order chi connectivity index (χ0) is 18.9. The van der Waals surface area contributed by atoms with Gasteiger partial charge in [-0.15, -0.1) is 11.3 Å². The minimum absolute atomic E-state index is 0.0697. The van der Waals surface area contributed by atoms with E-state index in [1.807, 2.05) is 5.38 Å². The number of hydrogen-bond acceptors (Lipinski definition) is 6. The van der Waals surface area contributed by atoms with Gasteiger partial charge >= 0.3 is 0 Å². The Morgan fingerprint density at radius 2 is 1.96 bits per heavy atom. The van der Waals surface area contributed by atoms with E-state index in [9.17, 15) is 8.42 Å². The smallest absolute Gasteiger partial charge is 0.266 e. The first-order valence-electron chi connectivity index (χ1n) is 7.81. The predicted molar refractivity (Wildman–Crippen MR) is 105 cm³/mol. The van der Waals surface area contributed by atoms with Gasteiger partial charge in [0.25, 0.3) is 10.0 Å². The van der Waals surface area contributed by atoms with Crippen molar-refractivity contribution in [3.8, 4) is 11.5 Å². The molecular weight excluding hydrogens is 408 g/mol. The number of fused-ring (bicyclic) bond motifs is 1. The van der Waals surface area contributed by atoms with Gasteiger partial charge in [-0.2, -0.15) is 0 Å². The summed E-state index contributed by atoms with van der Waals surface area (Å²) >= 11 is 7.58. The highest BCUT2D eigenvalue weighted by molar-refractivity contribution is 7.90. The van der Waals surface area contributed by atoms with Crippen LogP contribution in [0.4, 0.5) is 5.69 Å². The van der Waals surface area contributed by atoms with E-state index in [-0.39, 0.29) is 17.4 Å². The number of nitrogens with zero attached hydrogens (tertiary/aromatic N) is 2. The maximum absolute atomic E-state index is 12.6. The monoisotopic (exact) mass is 420 g/mol. The molecule has 1 aromatic heterocycles. The molecule has 0 radical (unpaired) electrons. The number of anilines is 1. The van der Waals surface area contributed by atoms with Crippen LogP contribution in [0.5, 0.6) is 11.5 Å². The quantitative estimate of drug-likeness (QED) is 0.668. The lowest BCUT2D eigenvalue weighted by Gasteiger charge is -2.23. The van der Waals surface area contributed by atoms with Crippen molar-refractivity contribution in [2.24, 2.45) is 4.99 Å². The third-order valence-corrected chi connectivity index (χ3v) is 6.12. The van der Waals surface area contributed by atoms with Crippen molar-refractivity contribution >= 4 is 44.6 Å². The van der Waals surface area contributed by atoms with E-state index in [1.165, 1.54) is 17.4 Å². The molecule has 3 aromatic rings. The summed E-state index contributed by atoms with van der Waals surface area (Å²) in [4.78, 5) is 8.47. The second kappa shape index (κ2) is 7.18. The number of hydrogen-bond donors (Lipinski definition) is 2. The number of rotatable bonds is 4. The van der Waals surface area contributed by atoms with Crippen molar-refractivity contribution < 1.29 is 13.2 Å². The van der Waals surface area contributed by atoms with Crippen molar-refractivity contribution in [2.45, 2.75) is 11.4 Å². The van der Waals surface area contributed by atoms with E-state index < -0.39 is 10.0 Å². The number of ether oxygens (including phenoxy) is 1. The molecule has 2 N–H and O–H groups in total. The van der Waals surface area contributed by atoms with Gasteiger partial charge in [0.2, 0.25) is 5.96 Å². The topological polar surface area (TPSA) is 92.7 Å². The Kier molecular flexibility index (Phi) is 4.73. The number of nitrogens with one attached hydrogen (secondary N) is 2. The van der Waals surface area contributed by atoms with Gasteiger partial charge in [-0.25, -0.2) is 23.1 Å². The second-order valence-corrected chi connectivity index (χ2v) is 8.52. The molecule has 0 atom stereocenters. The summed E-state index contributed by atoms with van der Waals surface area (Å²) in [6.07, 6.45) is 1.67. The lowest BCUT2D eigenvalue weighted by atomic mass is 10.3. The largest absolute Gasteiger partial charge is 0.454 e. The highest BCUT2D eigenvalue weighted by Gasteiger charge is 2.29. The molecule has 10 heteroatoms. The standard InChI is InChI=1S/C17H13ClN4O3S2/c18-11-4-1-2-5-12(11)25-13-6-3-7-14-16(13)21-17(22-27(14,23)24)20-10-15-19-8-9-26-15/h1-9H,10H2,(H2,20,21,22). The van der Waals surface area contributed by atoms with Crippen molar-refractivity contribution in [1.82, 2.24) is 9.71 Å². The van der Waals surface area contributed by atoms with Crippen LogP contribution in [-0.4, -0.2) is 19.4 Å². The van der Waals surface area contributed by atoms with E-state index in [0.29, 0.717) is 22.2 Å². The fourth-order valence-corrected chi connectivity index (χ4v) is 4.34. The molecule has 1 aliphatic rings. The number of thiazole rings is 1. The molecule has 7 nitrogen and oxygen atoms in total. The Hall–Kier alpha value is -2.62. The van der Waals surface area contributed by atoms with Crippen LogP contribution in [0.1, 0.15) is 5.01 Å². The zero-order valence-electron chi connectivity index (χ0n) is 13.7. The van der Waals surface area contributed by atoms with Crippen LogP contribution in [0.3, 0.4) is 0 Å². The number of benzene rings is 2. The summed E-state index contributed by atoms with van der Waals surface area (Å²) in [5.74, 6) is 0.854. The molecule has 4 rings (SSSR count). The molecule has 0 bridgehead atoms. The molecule has 1 aliphatic heterocycles. The third kappa shape index (κ3) is 3.75. The number of guanidine groups is 1. The fraction of sp³-hybridized carbons (Fsp3) is 0.0588. The number of para-hydroxylation sites is 2. The van der Waals surface area contributed by atoms with Crippen LogP contribution >= 0.6 is 22.9 Å². The van der Waals surface area contributed by atoms with Crippen LogP contribution in [0.2, 0.25) is 5.02 Å². The van der Waals surface area contributed by atoms with Gasteiger partial charge in [0.05, 0.1) is 11.6 Å². The van der Waals surface area contributed by atoms with Crippen molar-refractivity contribution in [1.29, 1.82) is 0 Å². The molecule has 27 heavy (non-hydrogen) atoms. The lowest BCUT2D eigenvalue weighted by Crippen LogP contribution is -2.40. The normalized spacial score (nSPS) is 16.3. The molecule has 0 saturated carbocycles. The predicted octanol–water partition coefficient (Wildman–Crippen LogP) is 3.85. The SMILES string of the molecule is O=S1(=O)NC(=NCc2nccs2)Nc2c(Oc3ccccc3Cl)cccc21. The molecule has 0 amide bonds. The van der Waals surface area contributed by atoms with E-state index in [0.717, 1.165) is 5.01 Å². The van der Waals surface area contributed by atoms with Crippen LogP contribution in [0, 0.1) is 0 Å².